The fourth-order valence-electron chi connectivity index (χ4n) is 1.88. The molecule has 0 heterocycles. The van der Waals surface area contributed by atoms with Crippen LogP contribution < -0.4 is 0 Å². The third-order valence-electron chi connectivity index (χ3n) is 2.96. The predicted octanol–water partition coefficient (Wildman–Crippen LogP) is 3.71. The summed E-state index contributed by atoms with van der Waals surface area (Å²) in [6.07, 6.45) is 10.4. The van der Waals surface area contributed by atoms with Crippen LogP contribution in [0.25, 0.3) is 0 Å². The molecule has 16 heavy (non-hydrogen) atoms. The van der Waals surface area contributed by atoms with Crippen molar-refractivity contribution in [2.45, 2.75) is 22.8 Å². The third-order valence-corrected chi connectivity index (χ3v) is 4.45. The van der Waals surface area contributed by atoms with E-state index < -0.39 is 0 Å². The number of hydrogen-bond acceptors (Lipinski definition) is 2. The van der Waals surface area contributed by atoms with E-state index in [0.29, 0.717) is 0 Å². The number of aryl methyl sites for hydroxylation is 1. The zero-order valence-corrected chi connectivity index (χ0v) is 10.9. The van der Waals surface area contributed by atoms with Crippen molar-refractivity contribution in [3.8, 4) is 0 Å². The molecule has 0 spiro atoms. The van der Waals surface area contributed by atoms with E-state index in [2.05, 4.69) is 55.1 Å². The van der Waals surface area contributed by atoms with E-state index in [0.717, 1.165) is 12.8 Å². The van der Waals surface area contributed by atoms with Gasteiger partial charge in [0.2, 0.25) is 0 Å². The van der Waals surface area contributed by atoms with Crippen LogP contribution >= 0.6 is 25.3 Å². The highest BCUT2D eigenvalue weighted by Gasteiger charge is 2.29. The van der Waals surface area contributed by atoms with Crippen molar-refractivity contribution in [2.75, 3.05) is 0 Å². The lowest BCUT2D eigenvalue weighted by molar-refractivity contribution is 0.662. The minimum Gasteiger partial charge on any atom is -0.170 e. The molecular weight excluding hydrogens is 232 g/mol. The van der Waals surface area contributed by atoms with Crippen LogP contribution in [0.15, 0.2) is 54.6 Å². The van der Waals surface area contributed by atoms with E-state index in [1.54, 1.807) is 0 Å². The lowest BCUT2D eigenvalue weighted by Crippen LogP contribution is -2.31. The second-order valence-corrected chi connectivity index (χ2v) is 5.55. The minimum atomic E-state index is -0.117. The molecule has 2 heteroatoms. The molecule has 1 aromatic carbocycles. The lowest BCUT2D eigenvalue weighted by atomic mass is 9.92. The van der Waals surface area contributed by atoms with Gasteiger partial charge in [-0.3, -0.25) is 0 Å². The molecule has 0 nitrogen and oxygen atoms in total. The number of rotatable bonds is 3. The first kappa shape index (κ1) is 11.9. The van der Waals surface area contributed by atoms with Crippen LogP contribution in [0.5, 0.6) is 0 Å². The molecule has 0 N–H and O–H groups in total. The second-order valence-electron chi connectivity index (χ2n) is 4.17. The molecule has 0 radical (unpaired) electrons. The fourth-order valence-corrected chi connectivity index (χ4v) is 2.48. The topological polar surface area (TPSA) is 0 Å². The summed E-state index contributed by atoms with van der Waals surface area (Å²) in [7, 11) is 0. The van der Waals surface area contributed by atoms with Gasteiger partial charge in [0.15, 0.2) is 0 Å². The zero-order valence-electron chi connectivity index (χ0n) is 9.08. The van der Waals surface area contributed by atoms with Gasteiger partial charge in [0.25, 0.3) is 0 Å². The molecule has 84 valence electrons. The number of allylic oxidation sites excluding steroid dienone is 2. The average molecular weight is 248 g/mol. The van der Waals surface area contributed by atoms with Crippen LogP contribution in [0, 0.1) is 0 Å². The van der Waals surface area contributed by atoms with Crippen molar-refractivity contribution >= 4 is 25.3 Å². The zero-order chi connectivity index (χ0) is 11.4. The predicted molar refractivity (Wildman–Crippen MR) is 77.5 cm³/mol. The second kappa shape index (κ2) is 5.15. The highest BCUT2D eigenvalue weighted by atomic mass is 32.1. The van der Waals surface area contributed by atoms with Crippen LogP contribution in [-0.4, -0.2) is 10.00 Å². The molecule has 1 aliphatic rings. The molecule has 2 rings (SSSR count). The molecule has 0 aromatic heterocycles. The van der Waals surface area contributed by atoms with E-state index in [-0.39, 0.29) is 10.00 Å². The summed E-state index contributed by atoms with van der Waals surface area (Å²) in [5.74, 6) is 0. The molecule has 0 fully saturated rings. The Morgan fingerprint density at radius 3 is 2.56 bits per heavy atom. The molecule has 0 saturated heterocycles. The first-order valence-corrected chi connectivity index (χ1v) is 6.47. The van der Waals surface area contributed by atoms with Gasteiger partial charge >= 0.3 is 0 Å². The Hall–Kier alpha value is -0.600. The van der Waals surface area contributed by atoms with Crippen molar-refractivity contribution in [3.63, 3.8) is 0 Å². The van der Waals surface area contributed by atoms with Gasteiger partial charge in [-0.25, -0.2) is 0 Å². The Morgan fingerprint density at radius 1 is 1.12 bits per heavy atom. The summed E-state index contributed by atoms with van der Waals surface area (Å²) < 4.78 is -0.117. The molecule has 0 aliphatic heterocycles. The number of thiol groups is 2. The van der Waals surface area contributed by atoms with Crippen LogP contribution in [-0.2, 0) is 6.42 Å². The molecule has 2 unspecified atom stereocenters. The molecule has 0 saturated carbocycles. The summed E-state index contributed by atoms with van der Waals surface area (Å²) in [6.45, 7) is 0. The Kier molecular flexibility index (Phi) is 3.82. The molecular formula is C14H16S2. The van der Waals surface area contributed by atoms with Crippen LogP contribution in [0.2, 0.25) is 0 Å². The van der Waals surface area contributed by atoms with E-state index >= 15 is 0 Å². The SMILES string of the molecule is SC1C=CC=CC1(S)CCc1ccccc1. The smallest absolute Gasteiger partial charge is 0.0466 e. The number of hydrogen-bond donors (Lipinski definition) is 2. The van der Waals surface area contributed by atoms with E-state index in [1.807, 2.05) is 12.1 Å². The summed E-state index contributed by atoms with van der Waals surface area (Å²) in [6, 6.07) is 10.5. The standard InChI is InChI=1S/C14H16S2/c15-13-8-4-5-10-14(13,16)11-9-12-6-2-1-3-7-12/h1-8,10,13,15-16H,9,11H2. The van der Waals surface area contributed by atoms with Gasteiger partial charge in [-0.1, -0.05) is 54.6 Å². The largest absolute Gasteiger partial charge is 0.170 e. The van der Waals surface area contributed by atoms with E-state index in [1.165, 1.54) is 5.56 Å². The van der Waals surface area contributed by atoms with Gasteiger partial charge in [-0.15, -0.1) is 0 Å². The van der Waals surface area contributed by atoms with Crippen LogP contribution in [0.4, 0.5) is 0 Å². The molecule has 0 bridgehead atoms. The normalized spacial score (nSPS) is 28.2. The lowest BCUT2D eigenvalue weighted by Gasteiger charge is -2.31. The Morgan fingerprint density at radius 2 is 1.88 bits per heavy atom. The summed E-state index contributed by atoms with van der Waals surface area (Å²) in [5, 5.41) is 0.199. The fraction of sp³-hybridized carbons (Fsp3) is 0.286. The van der Waals surface area contributed by atoms with E-state index in [4.69, 9.17) is 12.6 Å². The van der Waals surface area contributed by atoms with Gasteiger partial charge in [0, 0.05) is 10.00 Å². The molecule has 0 amide bonds. The Labute approximate surface area is 108 Å². The third kappa shape index (κ3) is 2.74. The molecule has 2 atom stereocenters. The van der Waals surface area contributed by atoms with Crippen molar-refractivity contribution in [1.29, 1.82) is 0 Å². The van der Waals surface area contributed by atoms with Crippen molar-refractivity contribution in [3.05, 3.63) is 60.2 Å². The maximum absolute atomic E-state index is 4.76. The van der Waals surface area contributed by atoms with Gasteiger partial charge < -0.3 is 0 Å². The monoisotopic (exact) mass is 248 g/mol. The average Bonchev–Trinajstić information content (AvgIpc) is 2.32. The van der Waals surface area contributed by atoms with Crippen LogP contribution in [0.3, 0.4) is 0 Å². The molecule has 1 aromatic rings. The Bertz CT molecular complexity index is 394. The summed E-state index contributed by atoms with van der Waals surface area (Å²) in [4.78, 5) is 0. The first-order chi connectivity index (χ1) is 7.71. The first-order valence-electron chi connectivity index (χ1n) is 5.51. The highest BCUT2D eigenvalue weighted by Crippen LogP contribution is 2.33. The quantitative estimate of drug-likeness (QED) is 0.749. The van der Waals surface area contributed by atoms with Gasteiger partial charge in [0.1, 0.15) is 0 Å². The maximum Gasteiger partial charge on any atom is 0.0466 e. The van der Waals surface area contributed by atoms with Gasteiger partial charge in [-0.05, 0) is 18.4 Å². The van der Waals surface area contributed by atoms with Crippen LogP contribution in [0.1, 0.15) is 12.0 Å². The summed E-state index contributed by atoms with van der Waals surface area (Å²) in [5.41, 5.74) is 1.36. The Balaban J connectivity index is 2.00. The molecule has 1 aliphatic carbocycles. The minimum absolute atomic E-state index is 0.117. The van der Waals surface area contributed by atoms with Crippen molar-refractivity contribution < 1.29 is 0 Å². The summed E-state index contributed by atoms with van der Waals surface area (Å²) >= 11 is 9.33. The maximum atomic E-state index is 4.76. The highest BCUT2D eigenvalue weighted by molar-refractivity contribution is 7.86. The van der Waals surface area contributed by atoms with Crippen molar-refractivity contribution in [2.24, 2.45) is 0 Å². The van der Waals surface area contributed by atoms with Crippen molar-refractivity contribution in [1.82, 2.24) is 0 Å². The van der Waals surface area contributed by atoms with E-state index in [9.17, 15) is 0 Å². The number of benzene rings is 1. The van der Waals surface area contributed by atoms with Gasteiger partial charge in [0.05, 0.1) is 0 Å². The van der Waals surface area contributed by atoms with Gasteiger partial charge in [-0.2, -0.15) is 25.3 Å².